The highest BCUT2D eigenvalue weighted by Crippen LogP contribution is 2.55. The van der Waals surface area contributed by atoms with Crippen LogP contribution in [0.15, 0.2) is 24.3 Å². The summed E-state index contributed by atoms with van der Waals surface area (Å²) in [6.45, 7) is 1.85. The van der Waals surface area contributed by atoms with E-state index in [1.807, 2.05) is 24.3 Å². The molecule has 0 aliphatic carbocycles. The predicted molar refractivity (Wildman–Crippen MR) is 90.3 cm³/mol. The number of amides is 2. The summed E-state index contributed by atoms with van der Waals surface area (Å²) in [5, 5.41) is 12.0. The second-order valence-electron chi connectivity index (χ2n) is 7.61. The van der Waals surface area contributed by atoms with Gasteiger partial charge in [-0.05, 0) is 31.9 Å². The Morgan fingerprint density at radius 3 is 2.92 bits per heavy atom. The van der Waals surface area contributed by atoms with Crippen molar-refractivity contribution in [1.29, 1.82) is 5.26 Å². The van der Waals surface area contributed by atoms with Gasteiger partial charge >= 0.3 is 0 Å². The lowest BCUT2D eigenvalue weighted by molar-refractivity contribution is -0.148. The van der Waals surface area contributed by atoms with Gasteiger partial charge in [0.2, 0.25) is 11.8 Å². The van der Waals surface area contributed by atoms with Gasteiger partial charge in [-0.15, -0.1) is 0 Å². The number of carbonyl (C=O) groups excluding carboxylic acids is 2. The molecule has 4 heterocycles. The number of nitrogens with zero attached hydrogens (tertiary/aromatic N) is 3. The highest BCUT2D eigenvalue weighted by molar-refractivity contribution is 6.09. The van der Waals surface area contributed by atoms with Gasteiger partial charge in [0.25, 0.3) is 0 Å². The Morgan fingerprint density at radius 2 is 2.12 bits per heavy atom. The van der Waals surface area contributed by atoms with E-state index in [1.165, 1.54) is 0 Å². The van der Waals surface area contributed by atoms with E-state index in [4.69, 9.17) is 5.26 Å². The Hall–Kier alpha value is -2.39. The van der Waals surface area contributed by atoms with E-state index in [-0.39, 0.29) is 23.7 Å². The maximum absolute atomic E-state index is 13.2. The van der Waals surface area contributed by atoms with Crippen molar-refractivity contribution in [1.82, 2.24) is 9.80 Å². The van der Waals surface area contributed by atoms with Crippen molar-refractivity contribution in [3.8, 4) is 6.07 Å². The fourth-order valence-corrected chi connectivity index (χ4v) is 5.32. The van der Waals surface area contributed by atoms with Gasteiger partial charge in [0.05, 0.1) is 17.9 Å². The molecule has 5 rings (SSSR count). The number of likely N-dealkylation sites (tertiary alicyclic amines) is 1. The summed E-state index contributed by atoms with van der Waals surface area (Å²) < 4.78 is 0. The van der Waals surface area contributed by atoms with Crippen LogP contribution in [0.1, 0.15) is 24.8 Å². The third kappa shape index (κ3) is 1.77. The molecule has 0 aromatic heterocycles. The summed E-state index contributed by atoms with van der Waals surface area (Å²) in [5.74, 6) is -0.451. The summed E-state index contributed by atoms with van der Waals surface area (Å²) in [4.78, 5) is 30.5. The maximum atomic E-state index is 13.2. The molecule has 0 bridgehead atoms. The van der Waals surface area contributed by atoms with Crippen LogP contribution in [-0.4, -0.2) is 47.3 Å². The first-order valence-corrected chi connectivity index (χ1v) is 9.02. The highest BCUT2D eigenvalue weighted by Gasteiger charge is 2.66. The number of nitrogens with one attached hydrogen (secondary N) is 1. The van der Waals surface area contributed by atoms with Gasteiger partial charge in [-0.1, -0.05) is 18.2 Å². The monoisotopic (exact) mass is 336 g/mol. The molecule has 25 heavy (non-hydrogen) atoms. The number of carbonyl (C=O) groups is 2. The first kappa shape index (κ1) is 14.9. The smallest absolute Gasteiger partial charge is 0.250 e. The summed E-state index contributed by atoms with van der Waals surface area (Å²) in [5.41, 5.74) is 0.906. The van der Waals surface area contributed by atoms with Gasteiger partial charge in [0.15, 0.2) is 0 Å². The predicted octanol–water partition coefficient (Wildman–Crippen LogP) is 1.30. The Balaban J connectivity index is 1.58. The van der Waals surface area contributed by atoms with Crippen LogP contribution >= 0.6 is 0 Å². The number of rotatable bonds is 1. The number of benzene rings is 1. The summed E-state index contributed by atoms with van der Waals surface area (Å²) in [7, 11) is 0. The molecule has 1 N–H and O–H groups in total. The average Bonchev–Trinajstić information content (AvgIpc) is 3.21. The Morgan fingerprint density at radius 1 is 1.32 bits per heavy atom. The van der Waals surface area contributed by atoms with E-state index < -0.39 is 5.54 Å². The zero-order chi connectivity index (χ0) is 17.2. The lowest BCUT2D eigenvalue weighted by Gasteiger charge is -2.42. The van der Waals surface area contributed by atoms with Crippen LogP contribution in [0.4, 0.5) is 5.69 Å². The molecule has 4 aliphatic rings. The van der Waals surface area contributed by atoms with Gasteiger partial charge in [-0.2, -0.15) is 5.26 Å². The van der Waals surface area contributed by atoms with Crippen molar-refractivity contribution < 1.29 is 9.59 Å². The molecular formula is C19H20N4O2. The number of anilines is 1. The molecule has 0 radical (unpaired) electrons. The topological polar surface area (TPSA) is 76.4 Å². The number of fused-ring (bicyclic) bond motifs is 4. The van der Waals surface area contributed by atoms with Crippen LogP contribution in [0.25, 0.3) is 0 Å². The summed E-state index contributed by atoms with van der Waals surface area (Å²) >= 11 is 0. The van der Waals surface area contributed by atoms with Gasteiger partial charge < -0.3 is 10.2 Å². The third-order valence-corrected chi connectivity index (χ3v) is 6.45. The van der Waals surface area contributed by atoms with Crippen molar-refractivity contribution in [2.45, 2.75) is 30.8 Å². The molecule has 6 heteroatoms. The quantitative estimate of drug-likeness (QED) is 0.839. The summed E-state index contributed by atoms with van der Waals surface area (Å²) in [6.07, 6.45) is 2.85. The van der Waals surface area contributed by atoms with E-state index in [0.29, 0.717) is 19.1 Å². The fourth-order valence-electron chi connectivity index (χ4n) is 5.32. The molecule has 3 atom stereocenters. The van der Waals surface area contributed by atoms with Crippen molar-refractivity contribution in [2.24, 2.45) is 11.8 Å². The second-order valence-corrected chi connectivity index (χ2v) is 7.61. The van der Waals surface area contributed by atoms with Crippen LogP contribution in [0.2, 0.25) is 0 Å². The van der Waals surface area contributed by atoms with Crippen molar-refractivity contribution in [2.75, 3.05) is 25.0 Å². The maximum Gasteiger partial charge on any atom is 0.250 e. The number of hydrogen-bond acceptors (Lipinski definition) is 4. The lowest BCUT2D eigenvalue weighted by Crippen LogP contribution is -2.58. The van der Waals surface area contributed by atoms with Gasteiger partial charge in [0, 0.05) is 30.4 Å². The van der Waals surface area contributed by atoms with Crippen LogP contribution in [0, 0.1) is 23.2 Å². The first-order valence-electron chi connectivity index (χ1n) is 9.02. The Kier molecular flexibility index (Phi) is 3.02. The Bertz CT molecular complexity index is 810. The largest absolute Gasteiger partial charge is 0.340 e. The van der Waals surface area contributed by atoms with Crippen LogP contribution in [0.5, 0.6) is 0 Å². The highest BCUT2D eigenvalue weighted by atomic mass is 16.2. The normalized spacial score (nSPS) is 33.7. The minimum atomic E-state index is -0.868. The standard InChI is InChI=1S/C19H20N4O2/c20-9-12-10-22(11-12)17(24)15-8-13-4-3-7-23(13)19(15)14-5-1-2-6-16(14)21-18(19)25/h1-2,5-6,12-13,15H,3-4,7-8,10-11H2,(H,21,25)/t13-,15-,19+/m1/s1. The fraction of sp³-hybridized carbons (Fsp3) is 0.526. The molecule has 0 saturated carbocycles. The number of nitriles is 1. The minimum absolute atomic E-state index is 0.0350. The second kappa shape index (κ2) is 5.06. The molecule has 128 valence electrons. The lowest BCUT2D eigenvalue weighted by atomic mass is 9.77. The van der Waals surface area contributed by atoms with Crippen molar-refractivity contribution in [3.05, 3.63) is 29.8 Å². The van der Waals surface area contributed by atoms with Gasteiger partial charge in [-0.25, -0.2) is 0 Å². The van der Waals surface area contributed by atoms with E-state index >= 15 is 0 Å². The SMILES string of the molecule is N#CC1CN(C(=O)[C@H]2C[C@H]3CCCN3[C@]23C(=O)Nc2ccccc23)C1. The molecule has 3 saturated heterocycles. The molecule has 1 aromatic carbocycles. The Labute approximate surface area is 146 Å². The minimum Gasteiger partial charge on any atom is -0.340 e. The summed E-state index contributed by atoms with van der Waals surface area (Å²) in [6, 6.07) is 10.3. The zero-order valence-electron chi connectivity index (χ0n) is 13.9. The molecule has 3 fully saturated rings. The van der Waals surface area contributed by atoms with E-state index in [2.05, 4.69) is 16.3 Å². The van der Waals surface area contributed by atoms with E-state index in [1.54, 1.807) is 4.90 Å². The van der Waals surface area contributed by atoms with Crippen LogP contribution in [0.3, 0.4) is 0 Å². The van der Waals surface area contributed by atoms with Crippen LogP contribution in [-0.2, 0) is 15.1 Å². The molecule has 1 aromatic rings. The van der Waals surface area contributed by atoms with Crippen molar-refractivity contribution in [3.63, 3.8) is 0 Å². The van der Waals surface area contributed by atoms with Gasteiger partial charge in [0.1, 0.15) is 5.54 Å². The molecule has 0 unspecified atom stereocenters. The molecule has 4 aliphatic heterocycles. The van der Waals surface area contributed by atoms with Crippen molar-refractivity contribution >= 4 is 17.5 Å². The van der Waals surface area contributed by atoms with Crippen LogP contribution < -0.4 is 5.32 Å². The first-order chi connectivity index (χ1) is 12.2. The third-order valence-electron chi connectivity index (χ3n) is 6.45. The molecule has 1 spiro atoms. The number of hydrogen-bond donors (Lipinski definition) is 1. The average molecular weight is 336 g/mol. The van der Waals surface area contributed by atoms with Gasteiger partial charge in [-0.3, -0.25) is 14.5 Å². The molecule has 2 amide bonds. The molecule has 6 nitrogen and oxygen atoms in total. The van der Waals surface area contributed by atoms with E-state index in [9.17, 15) is 9.59 Å². The zero-order valence-corrected chi connectivity index (χ0v) is 13.9. The number of para-hydroxylation sites is 1. The molecular weight excluding hydrogens is 316 g/mol. The van der Waals surface area contributed by atoms with E-state index in [0.717, 1.165) is 37.1 Å².